The Morgan fingerprint density at radius 1 is 1.44 bits per heavy atom. The number of benzene rings is 1. The van der Waals surface area contributed by atoms with Crippen molar-refractivity contribution in [3.8, 4) is 0 Å². The Labute approximate surface area is 110 Å². The molecule has 1 aliphatic rings. The lowest BCUT2D eigenvalue weighted by Crippen LogP contribution is -2.46. The average Bonchev–Trinajstić information content (AvgIpc) is 2.33. The van der Waals surface area contributed by atoms with E-state index in [9.17, 15) is 4.79 Å². The summed E-state index contributed by atoms with van der Waals surface area (Å²) >= 11 is 0. The molecule has 18 heavy (non-hydrogen) atoms. The van der Waals surface area contributed by atoms with Gasteiger partial charge in [-0.1, -0.05) is 42.8 Å². The monoisotopic (exact) mass is 260 g/mol. The highest BCUT2D eigenvalue weighted by Crippen LogP contribution is 2.40. The van der Waals surface area contributed by atoms with E-state index in [1.807, 2.05) is 36.4 Å². The first-order valence-electron chi connectivity index (χ1n) is 6.51. The smallest absolute Gasteiger partial charge is 0.198 e. The summed E-state index contributed by atoms with van der Waals surface area (Å²) in [4.78, 5) is 11.8. The molecule has 1 saturated heterocycles. The van der Waals surface area contributed by atoms with Crippen LogP contribution < -0.4 is 0 Å². The summed E-state index contributed by atoms with van der Waals surface area (Å²) in [6.07, 6.45) is 2.81. The second-order valence-corrected chi connectivity index (χ2v) is 9.06. The second-order valence-electron chi connectivity index (χ2n) is 5.05. The number of hydrogen-bond donors (Lipinski definition) is 0. The fraction of sp³-hybridized carbons (Fsp3) is 0.400. The maximum atomic E-state index is 11.8. The van der Waals surface area contributed by atoms with Crippen molar-refractivity contribution < 1.29 is 9.22 Å². The minimum atomic E-state index is -1.69. The van der Waals surface area contributed by atoms with Crippen LogP contribution in [0.1, 0.15) is 25.0 Å². The third kappa shape index (κ3) is 2.79. The number of Topliss-reactive ketones (excluding diaryl/α,β-unsaturated/α-hetero) is 1. The van der Waals surface area contributed by atoms with Crippen molar-refractivity contribution in [3.05, 3.63) is 48.6 Å². The first-order chi connectivity index (χ1) is 8.67. The Kier molecular flexibility index (Phi) is 4.14. The van der Waals surface area contributed by atoms with Crippen LogP contribution in [-0.4, -0.2) is 14.1 Å². The Morgan fingerprint density at radius 2 is 2.11 bits per heavy atom. The largest absolute Gasteiger partial charge is 0.403 e. The molecule has 96 valence electrons. The van der Waals surface area contributed by atoms with Gasteiger partial charge in [-0.25, -0.2) is 0 Å². The molecule has 2 rings (SSSR count). The molecule has 1 atom stereocenters. The van der Waals surface area contributed by atoms with Crippen LogP contribution in [0.4, 0.5) is 0 Å². The van der Waals surface area contributed by atoms with Crippen molar-refractivity contribution in [2.75, 3.05) is 0 Å². The highest BCUT2D eigenvalue weighted by molar-refractivity contribution is 6.76. The van der Waals surface area contributed by atoms with E-state index in [1.54, 1.807) is 6.92 Å². The first kappa shape index (κ1) is 13.2. The zero-order chi connectivity index (χ0) is 13.0. The summed E-state index contributed by atoms with van der Waals surface area (Å²) in [7, 11) is -1.69. The minimum Gasteiger partial charge on any atom is -0.403 e. The minimum absolute atomic E-state index is 0.101. The van der Waals surface area contributed by atoms with E-state index in [-0.39, 0.29) is 11.9 Å². The zero-order valence-electron chi connectivity index (χ0n) is 10.9. The Balaban J connectivity index is 2.16. The Morgan fingerprint density at radius 3 is 2.56 bits per heavy atom. The molecule has 1 aromatic carbocycles. The van der Waals surface area contributed by atoms with Gasteiger partial charge in [0.05, 0.1) is 0 Å². The van der Waals surface area contributed by atoms with Crippen LogP contribution in [0.15, 0.2) is 43.0 Å². The van der Waals surface area contributed by atoms with Crippen LogP contribution >= 0.6 is 0 Å². The fourth-order valence-corrected chi connectivity index (χ4v) is 5.68. The summed E-state index contributed by atoms with van der Waals surface area (Å²) in [5.41, 5.74) is 0.979. The second kappa shape index (κ2) is 5.63. The Hall–Kier alpha value is -1.19. The topological polar surface area (TPSA) is 26.3 Å². The molecule has 0 radical (unpaired) electrons. The molecule has 1 aliphatic heterocycles. The van der Waals surface area contributed by atoms with E-state index in [0.29, 0.717) is 0 Å². The maximum Gasteiger partial charge on any atom is 0.198 e. The van der Waals surface area contributed by atoms with Gasteiger partial charge in [-0.2, -0.15) is 0 Å². The third-order valence-corrected chi connectivity index (χ3v) is 7.92. The van der Waals surface area contributed by atoms with Gasteiger partial charge in [0, 0.05) is 0 Å². The molecule has 1 aromatic rings. The SMILES string of the molecule is C=CC[Si]1(OC(C(C)=O)c2ccccc2)CCC1. The molecule has 0 aromatic heterocycles. The van der Waals surface area contributed by atoms with Gasteiger partial charge in [-0.05, 0) is 30.6 Å². The van der Waals surface area contributed by atoms with Gasteiger partial charge in [0.15, 0.2) is 14.1 Å². The van der Waals surface area contributed by atoms with E-state index in [2.05, 4.69) is 6.58 Å². The first-order valence-corrected chi connectivity index (χ1v) is 9.04. The maximum absolute atomic E-state index is 11.8. The van der Waals surface area contributed by atoms with Gasteiger partial charge in [-0.15, -0.1) is 6.58 Å². The molecule has 1 fully saturated rings. The van der Waals surface area contributed by atoms with Gasteiger partial charge in [-0.3, -0.25) is 4.79 Å². The summed E-state index contributed by atoms with van der Waals surface area (Å²) in [5, 5.41) is 0. The number of allylic oxidation sites excluding steroid dienone is 1. The summed E-state index contributed by atoms with van der Waals surface area (Å²) < 4.78 is 6.28. The van der Waals surface area contributed by atoms with Crippen LogP contribution in [0.5, 0.6) is 0 Å². The van der Waals surface area contributed by atoms with E-state index >= 15 is 0 Å². The molecule has 0 saturated carbocycles. The van der Waals surface area contributed by atoms with Gasteiger partial charge in [0.2, 0.25) is 0 Å². The molecule has 0 aliphatic carbocycles. The van der Waals surface area contributed by atoms with Gasteiger partial charge < -0.3 is 4.43 Å². The molecular formula is C15H20O2Si. The van der Waals surface area contributed by atoms with Crippen LogP contribution in [0.3, 0.4) is 0 Å². The molecule has 0 N–H and O–H groups in total. The lowest BCUT2D eigenvalue weighted by atomic mass is 10.1. The molecule has 1 heterocycles. The predicted molar refractivity (Wildman–Crippen MR) is 75.9 cm³/mol. The molecular weight excluding hydrogens is 240 g/mol. The van der Waals surface area contributed by atoms with Gasteiger partial charge in [0.1, 0.15) is 6.10 Å². The van der Waals surface area contributed by atoms with Crippen molar-refractivity contribution in [1.82, 2.24) is 0 Å². The summed E-state index contributed by atoms with van der Waals surface area (Å²) in [6.45, 7) is 5.44. The quantitative estimate of drug-likeness (QED) is 0.573. The van der Waals surface area contributed by atoms with Crippen molar-refractivity contribution in [1.29, 1.82) is 0 Å². The number of hydrogen-bond acceptors (Lipinski definition) is 2. The van der Waals surface area contributed by atoms with Crippen LogP contribution in [0.25, 0.3) is 0 Å². The van der Waals surface area contributed by atoms with E-state index in [4.69, 9.17) is 4.43 Å². The van der Waals surface area contributed by atoms with Crippen LogP contribution in [0.2, 0.25) is 18.1 Å². The fourth-order valence-electron chi connectivity index (χ4n) is 2.47. The molecule has 0 bridgehead atoms. The zero-order valence-corrected chi connectivity index (χ0v) is 11.9. The molecule has 1 unspecified atom stereocenters. The molecule has 0 amide bonds. The van der Waals surface area contributed by atoms with Crippen LogP contribution in [-0.2, 0) is 9.22 Å². The van der Waals surface area contributed by atoms with Crippen molar-refractivity contribution in [2.45, 2.75) is 37.6 Å². The van der Waals surface area contributed by atoms with Gasteiger partial charge in [0.25, 0.3) is 0 Å². The van der Waals surface area contributed by atoms with E-state index in [0.717, 1.165) is 23.7 Å². The van der Waals surface area contributed by atoms with Crippen molar-refractivity contribution in [2.24, 2.45) is 0 Å². The summed E-state index contributed by atoms with van der Waals surface area (Å²) in [6, 6.07) is 13.1. The van der Waals surface area contributed by atoms with Crippen molar-refractivity contribution in [3.63, 3.8) is 0 Å². The molecule has 3 heteroatoms. The van der Waals surface area contributed by atoms with Crippen LogP contribution in [0, 0.1) is 0 Å². The summed E-state index contributed by atoms with van der Waals surface area (Å²) in [5.74, 6) is 0.101. The standard InChI is InChI=1S/C15H20O2Si/c1-3-10-18(11-7-12-18)17-15(13(2)16)14-8-5-4-6-9-14/h3-6,8-9,15H,1,7,10-12H2,2H3. The van der Waals surface area contributed by atoms with Crippen molar-refractivity contribution >= 4 is 14.1 Å². The number of rotatable bonds is 6. The number of ketones is 1. The highest BCUT2D eigenvalue weighted by atomic mass is 28.4. The van der Waals surface area contributed by atoms with E-state index < -0.39 is 8.32 Å². The third-order valence-electron chi connectivity index (χ3n) is 3.62. The Bertz CT molecular complexity index is 423. The lowest BCUT2D eigenvalue weighted by Gasteiger charge is -2.40. The molecule has 0 spiro atoms. The molecule has 2 nitrogen and oxygen atoms in total. The van der Waals surface area contributed by atoms with E-state index in [1.165, 1.54) is 6.42 Å². The normalized spacial score (nSPS) is 18.7. The lowest BCUT2D eigenvalue weighted by molar-refractivity contribution is -0.124. The predicted octanol–water partition coefficient (Wildman–Crippen LogP) is 3.87. The number of carbonyl (C=O) groups is 1. The average molecular weight is 260 g/mol. The van der Waals surface area contributed by atoms with Gasteiger partial charge >= 0.3 is 0 Å². The number of carbonyl (C=O) groups excluding carboxylic acids is 1. The highest BCUT2D eigenvalue weighted by Gasteiger charge is 2.43.